The van der Waals surface area contributed by atoms with Gasteiger partial charge in [0.15, 0.2) is 5.41 Å². The lowest BCUT2D eigenvalue weighted by Gasteiger charge is -2.19. The predicted molar refractivity (Wildman–Crippen MR) is 62.9 cm³/mol. The summed E-state index contributed by atoms with van der Waals surface area (Å²) in [6.07, 6.45) is 0.886. The summed E-state index contributed by atoms with van der Waals surface area (Å²) >= 11 is 0. The highest BCUT2D eigenvalue weighted by Gasteiger charge is 2.41. The van der Waals surface area contributed by atoms with Gasteiger partial charge in [0.25, 0.3) is 0 Å². The Balaban J connectivity index is 2.94. The molecule has 17 heavy (non-hydrogen) atoms. The van der Waals surface area contributed by atoms with Gasteiger partial charge in [-0.05, 0) is 30.9 Å². The first-order chi connectivity index (χ1) is 7.90. The fraction of sp³-hybridized carbons (Fsp3) is 0.385. The quantitative estimate of drug-likeness (QED) is 0.766. The lowest BCUT2D eigenvalue weighted by molar-refractivity contribution is -0.163. The van der Waals surface area contributed by atoms with Gasteiger partial charge in [-0.25, -0.2) is 0 Å². The van der Waals surface area contributed by atoms with Crippen LogP contribution < -0.4 is 0 Å². The summed E-state index contributed by atoms with van der Waals surface area (Å²) in [5.74, 6) is -2.63. The average Bonchev–Trinajstić information content (AvgIpc) is 2.29. The van der Waals surface area contributed by atoms with Gasteiger partial charge in [-0.15, -0.1) is 0 Å². The van der Waals surface area contributed by atoms with E-state index < -0.39 is 17.4 Å². The van der Waals surface area contributed by atoms with Crippen LogP contribution in [0, 0.1) is 5.41 Å². The zero-order valence-corrected chi connectivity index (χ0v) is 9.93. The van der Waals surface area contributed by atoms with Crippen LogP contribution in [0.5, 0.6) is 0 Å². The summed E-state index contributed by atoms with van der Waals surface area (Å²) in [4.78, 5) is 22.0. The van der Waals surface area contributed by atoms with Crippen LogP contribution in [-0.2, 0) is 22.4 Å². The SMILES string of the molecule is CCc1ccc(CC(C)(C(=O)O)C(=O)O)cc1. The van der Waals surface area contributed by atoms with Crippen LogP contribution >= 0.6 is 0 Å². The van der Waals surface area contributed by atoms with Crippen molar-refractivity contribution in [3.8, 4) is 0 Å². The number of aliphatic carboxylic acids is 2. The second-order valence-corrected chi connectivity index (χ2v) is 4.29. The molecule has 0 bridgehead atoms. The van der Waals surface area contributed by atoms with Crippen LogP contribution in [0.2, 0.25) is 0 Å². The smallest absolute Gasteiger partial charge is 0.321 e. The maximum atomic E-state index is 11.0. The van der Waals surface area contributed by atoms with Crippen LogP contribution in [0.25, 0.3) is 0 Å². The Morgan fingerprint density at radius 2 is 1.47 bits per heavy atom. The molecule has 0 aliphatic rings. The molecule has 0 saturated carbocycles. The Kier molecular flexibility index (Phi) is 3.89. The Labute approximate surface area is 99.9 Å². The molecule has 1 aromatic rings. The van der Waals surface area contributed by atoms with E-state index in [4.69, 9.17) is 10.2 Å². The molecule has 4 nitrogen and oxygen atoms in total. The molecule has 0 saturated heterocycles. The number of hydrogen-bond acceptors (Lipinski definition) is 2. The number of rotatable bonds is 5. The molecule has 92 valence electrons. The fourth-order valence-electron chi connectivity index (χ4n) is 1.54. The monoisotopic (exact) mass is 236 g/mol. The summed E-state index contributed by atoms with van der Waals surface area (Å²) in [7, 11) is 0. The van der Waals surface area contributed by atoms with E-state index in [1.807, 2.05) is 19.1 Å². The third-order valence-electron chi connectivity index (χ3n) is 2.93. The number of benzene rings is 1. The van der Waals surface area contributed by atoms with E-state index in [0.717, 1.165) is 17.5 Å². The highest BCUT2D eigenvalue weighted by molar-refractivity contribution is 5.98. The predicted octanol–water partition coefficient (Wildman–Crippen LogP) is 1.97. The molecule has 0 atom stereocenters. The van der Waals surface area contributed by atoms with Crippen LogP contribution in [0.15, 0.2) is 24.3 Å². The third kappa shape index (κ3) is 2.84. The molecule has 1 aromatic carbocycles. The van der Waals surface area contributed by atoms with Crippen LogP contribution in [0.3, 0.4) is 0 Å². The highest BCUT2D eigenvalue weighted by Crippen LogP contribution is 2.23. The van der Waals surface area contributed by atoms with E-state index in [1.165, 1.54) is 6.92 Å². The minimum absolute atomic E-state index is 0.0122. The first kappa shape index (κ1) is 13.2. The van der Waals surface area contributed by atoms with Crippen molar-refractivity contribution in [1.82, 2.24) is 0 Å². The second kappa shape index (κ2) is 4.99. The summed E-state index contributed by atoms with van der Waals surface area (Å²) in [5.41, 5.74) is 0.0869. The molecule has 0 radical (unpaired) electrons. The van der Waals surface area contributed by atoms with Gasteiger partial charge in [0.05, 0.1) is 0 Å². The number of carboxylic acid groups (broad SMARTS) is 2. The highest BCUT2D eigenvalue weighted by atomic mass is 16.4. The molecular formula is C13H16O4. The van der Waals surface area contributed by atoms with Gasteiger partial charge >= 0.3 is 11.9 Å². The first-order valence-electron chi connectivity index (χ1n) is 5.44. The summed E-state index contributed by atoms with van der Waals surface area (Å²) < 4.78 is 0. The Hall–Kier alpha value is -1.84. The van der Waals surface area contributed by atoms with Crippen molar-refractivity contribution >= 4 is 11.9 Å². The lowest BCUT2D eigenvalue weighted by Crippen LogP contribution is -2.38. The van der Waals surface area contributed by atoms with Crippen molar-refractivity contribution in [1.29, 1.82) is 0 Å². The first-order valence-corrected chi connectivity index (χ1v) is 5.44. The molecule has 4 heteroatoms. The molecule has 0 fully saturated rings. The van der Waals surface area contributed by atoms with E-state index in [-0.39, 0.29) is 6.42 Å². The van der Waals surface area contributed by atoms with E-state index in [2.05, 4.69) is 0 Å². The van der Waals surface area contributed by atoms with E-state index in [1.54, 1.807) is 12.1 Å². The van der Waals surface area contributed by atoms with Crippen molar-refractivity contribution in [2.75, 3.05) is 0 Å². The van der Waals surface area contributed by atoms with E-state index in [9.17, 15) is 9.59 Å². The standard InChI is InChI=1S/C13H16O4/c1-3-9-4-6-10(7-5-9)8-13(2,11(14)15)12(16)17/h4-7H,3,8H2,1-2H3,(H,14,15)(H,16,17). The van der Waals surface area contributed by atoms with Gasteiger partial charge < -0.3 is 10.2 Å². The number of hydrogen-bond donors (Lipinski definition) is 2. The minimum Gasteiger partial charge on any atom is -0.480 e. The van der Waals surface area contributed by atoms with Crippen LogP contribution in [0.4, 0.5) is 0 Å². The fourth-order valence-corrected chi connectivity index (χ4v) is 1.54. The topological polar surface area (TPSA) is 74.6 Å². The Bertz CT molecular complexity index is 406. The number of carboxylic acids is 2. The second-order valence-electron chi connectivity index (χ2n) is 4.29. The Morgan fingerprint density at radius 1 is 1.06 bits per heavy atom. The molecule has 0 aromatic heterocycles. The van der Waals surface area contributed by atoms with Crippen LogP contribution in [0.1, 0.15) is 25.0 Å². The molecule has 2 N–H and O–H groups in total. The largest absolute Gasteiger partial charge is 0.480 e. The molecule has 1 rings (SSSR count). The maximum Gasteiger partial charge on any atom is 0.321 e. The van der Waals surface area contributed by atoms with Gasteiger partial charge in [-0.2, -0.15) is 0 Å². The molecule has 0 amide bonds. The lowest BCUT2D eigenvalue weighted by atomic mass is 9.83. The average molecular weight is 236 g/mol. The Morgan fingerprint density at radius 3 is 1.82 bits per heavy atom. The maximum absolute atomic E-state index is 11.0. The molecule has 0 aliphatic carbocycles. The molecular weight excluding hydrogens is 220 g/mol. The third-order valence-corrected chi connectivity index (χ3v) is 2.93. The zero-order chi connectivity index (χ0) is 13.1. The molecule has 0 heterocycles. The van der Waals surface area contributed by atoms with Crippen molar-refractivity contribution in [3.05, 3.63) is 35.4 Å². The van der Waals surface area contributed by atoms with E-state index in [0.29, 0.717) is 0 Å². The van der Waals surface area contributed by atoms with Gasteiger partial charge in [0.2, 0.25) is 0 Å². The minimum atomic E-state index is -1.77. The van der Waals surface area contributed by atoms with Crippen molar-refractivity contribution in [2.24, 2.45) is 5.41 Å². The number of carbonyl (C=O) groups is 2. The molecule has 0 aliphatic heterocycles. The molecule has 0 spiro atoms. The van der Waals surface area contributed by atoms with Gasteiger partial charge in [-0.3, -0.25) is 9.59 Å². The molecule has 0 unspecified atom stereocenters. The van der Waals surface area contributed by atoms with Crippen molar-refractivity contribution in [3.63, 3.8) is 0 Å². The van der Waals surface area contributed by atoms with Gasteiger partial charge in [-0.1, -0.05) is 31.2 Å². The summed E-state index contributed by atoms with van der Waals surface area (Å²) in [5, 5.41) is 18.0. The van der Waals surface area contributed by atoms with Crippen molar-refractivity contribution in [2.45, 2.75) is 26.7 Å². The van der Waals surface area contributed by atoms with E-state index >= 15 is 0 Å². The van der Waals surface area contributed by atoms with Crippen molar-refractivity contribution < 1.29 is 19.8 Å². The zero-order valence-electron chi connectivity index (χ0n) is 9.93. The van der Waals surface area contributed by atoms with Gasteiger partial charge in [0.1, 0.15) is 0 Å². The van der Waals surface area contributed by atoms with Gasteiger partial charge in [0, 0.05) is 0 Å². The van der Waals surface area contributed by atoms with Crippen LogP contribution in [-0.4, -0.2) is 22.2 Å². The normalized spacial score (nSPS) is 11.2. The number of aryl methyl sites for hydroxylation is 1. The summed E-state index contributed by atoms with van der Waals surface area (Å²) in [6.45, 7) is 3.25. The summed E-state index contributed by atoms with van der Waals surface area (Å²) in [6, 6.07) is 7.34.